The van der Waals surface area contributed by atoms with Gasteiger partial charge in [0.2, 0.25) is 0 Å². The zero-order valence-corrected chi connectivity index (χ0v) is 20.6. The maximum Gasteiger partial charge on any atom is 0.327 e. The van der Waals surface area contributed by atoms with Gasteiger partial charge >= 0.3 is 5.97 Å². The lowest BCUT2D eigenvalue weighted by Gasteiger charge is -2.22. The predicted molar refractivity (Wildman–Crippen MR) is 121 cm³/mol. The fraction of sp³-hybridized carbons (Fsp3) is 0.105. The molecule has 0 saturated heterocycles. The first-order valence-corrected chi connectivity index (χ1v) is 11.4. The van der Waals surface area contributed by atoms with Crippen LogP contribution in [0.4, 0.5) is 0 Å². The number of nitrogens with zero attached hydrogens (tertiary/aromatic N) is 1. The molecule has 3 aromatic rings. The lowest BCUT2D eigenvalue weighted by Crippen LogP contribution is -2.46. The van der Waals surface area contributed by atoms with E-state index in [1.807, 2.05) is 24.3 Å². The van der Waals surface area contributed by atoms with Gasteiger partial charge in [0, 0.05) is 41.4 Å². The third-order valence-electron chi connectivity index (χ3n) is 4.82. The van der Waals surface area contributed by atoms with Gasteiger partial charge in [-0.2, -0.15) is 0 Å². The molecule has 2 heterocycles. The first-order valence-electron chi connectivity index (χ1n) is 8.25. The molecule has 1 aromatic heterocycles. The maximum atomic E-state index is 13.1. The molecule has 148 valence electrons. The number of carboxylic acids is 1. The number of para-hydroxylation sites is 1. The number of carbonyl (C=O) groups excluding carboxylic acids is 2. The van der Waals surface area contributed by atoms with E-state index in [1.54, 1.807) is 6.20 Å². The van der Waals surface area contributed by atoms with E-state index in [0.717, 1.165) is 15.8 Å². The highest BCUT2D eigenvalue weighted by Gasteiger charge is 2.46. The molecule has 2 N–H and O–H groups in total. The van der Waals surface area contributed by atoms with E-state index in [0.29, 0.717) is 23.5 Å². The molecule has 10 heteroatoms. The minimum atomic E-state index is -1.35. The summed E-state index contributed by atoms with van der Waals surface area (Å²) < 4.78 is 1.88. The van der Waals surface area contributed by atoms with Gasteiger partial charge in [-0.1, -0.05) is 18.2 Å². The van der Waals surface area contributed by atoms with Gasteiger partial charge < -0.3 is 10.1 Å². The standard InChI is InChI=1S/C19H10Br4N2O4/c20-13-11-12(14(21)16(23)15(13)22)18(27)25(17(11)26)10(19(28)29)5-7-6-24-9-4-2-1-3-8(7)9/h1-4,6,10,24H,5H2,(H,28,29)/t10-/m1/s1. The normalized spacial score (nSPS) is 14.6. The number of hydrogen-bond acceptors (Lipinski definition) is 3. The summed E-state index contributed by atoms with van der Waals surface area (Å²) in [4.78, 5) is 42.3. The quantitative estimate of drug-likeness (QED) is 0.222. The van der Waals surface area contributed by atoms with Crippen molar-refractivity contribution in [3.05, 3.63) is 65.0 Å². The summed E-state index contributed by atoms with van der Waals surface area (Å²) in [7, 11) is 0. The molecule has 1 atom stereocenters. The number of benzene rings is 2. The number of amides is 2. The van der Waals surface area contributed by atoms with Gasteiger partial charge in [0.05, 0.1) is 11.1 Å². The summed E-state index contributed by atoms with van der Waals surface area (Å²) in [5.74, 6) is -2.56. The Kier molecular flexibility index (Phi) is 5.47. The van der Waals surface area contributed by atoms with E-state index in [9.17, 15) is 19.5 Å². The van der Waals surface area contributed by atoms with Gasteiger partial charge in [-0.25, -0.2) is 4.79 Å². The van der Waals surface area contributed by atoms with Gasteiger partial charge in [-0.05, 0) is 75.3 Å². The number of imide groups is 1. The first kappa shape index (κ1) is 20.8. The zero-order valence-electron chi connectivity index (χ0n) is 14.3. The van der Waals surface area contributed by atoms with Crippen LogP contribution in [0.15, 0.2) is 48.4 Å². The molecule has 4 rings (SSSR count). The number of carbonyl (C=O) groups is 3. The highest BCUT2D eigenvalue weighted by atomic mass is 79.9. The third-order valence-corrected chi connectivity index (χ3v) is 9.59. The van der Waals surface area contributed by atoms with Gasteiger partial charge in [-0.3, -0.25) is 14.5 Å². The van der Waals surface area contributed by atoms with Crippen LogP contribution in [-0.4, -0.2) is 38.8 Å². The molecular formula is C19H10Br4N2O4. The molecule has 29 heavy (non-hydrogen) atoms. The fourth-order valence-corrected chi connectivity index (χ4v) is 5.90. The van der Waals surface area contributed by atoms with Gasteiger partial charge in [0.1, 0.15) is 6.04 Å². The van der Waals surface area contributed by atoms with Crippen LogP contribution in [-0.2, 0) is 11.2 Å². The van der Waals surface area contributed by atoms with Crippen molar-refractivity contribution < 1.29 is 19.5 Å². The summed E-state index contributed by atoms with van der Waals surface area (Å²) >= 11 is 13.4. The molecule has 0 radical (unpaired) electrons. The van der Waals surface area contributed by atoms with Crippen molar-refractivity contribution in [2.75, 3.05) is 0 Å². The van der Waals surface area contributed by atoms with Crippen LogP contribution >= 0.6 is 63.7 Å². The third kappa shape index (κ3) is 3.20. The number of carboxylic acid groups (broad SMARTS) is 1. The van der Waals surface area contributed by atoms with Gasteiger partial charge in [0.15, 0.2) is 0 Å². The van der Waals surface area contributed by atoms with Gasteiger partial charge in [0.25, 0.3) is 11.8 Å². The monoisotopic (exact) mass is 646 g/mol. The van der Waals surface area contributed by atoms with E-state index in [1.165, 1.54) is 0 Å². The molecule has 1 aliphatic rings. The number of aromatic nitrogens is 1. The SMILES string of the molecule is O=C(O)[C@@H](Cc1c[nH]c2ccccc12)N1C(=O)c2c(Br)c(Br)c(Br)c(Br)c2C1=O. The highest BCUT2D eigenvalue weighted by molar-refractivity contribution is 9.15. The van der Waals surface area contributed by atoms with Crippen molar-refractivity contribution in [2.24, 2.45) is 0 Å². The Morgan fingerprint density at radius 2 is 1.52 bits per heavy atom. The average molecular weight is 650 g/mol. The minimum Gasteiger partial charge on any atom is -0.480 e. The van der Waals surface area contributed by atoms with Crippen molar-refractivity contribution in [2.45, 2.75) is 12.5 Å². The van der Waals surface area contributed by atoms with Crippen molar-refractivity contribution in [1.29, 1.82) is 0 Å². The molecule has 2 amide bonds. The van der Waals surface area contributed by atoms with Crippen molar-refractivity contribution in [3.63, 3.8) is 0 Å². The second-order valence-electron chi connectivity index (χ2n) is 6.40. The minimum absolute atomic E-state index is 0.0115. The second-order valence-corrected chi connectivity index (χ2v) is 9.58. The lowest BCUT2D eigenvalue weighted by molar-refractivity contribution is -0.141. The molecule has 2 aromatic carbocycles. The topological polar surface area (TPSA) is 90.5 Å². The van der Waals surface area contributed by atoms with E-state index in [4.69, 9.17) is 0 Å². The predicted octanol–water partition coefficient (Wildman–Crippen LogP) is 5.51. The van der Waals surface area contributed by atoms with Crippen LogP contribution in [0.5, 0.6) is 0 Å². The summed E-state index contributed by atoms with van der Waals surface area (Å²) in [6, 6.07) is 6.11. The number of nitrogens with one attached hydrogen (secondary N) is 1. The van der Waals surface area contributed by atoms with Crippen LogP contribution < -0.4 is 0 Å². The molecule has 0 fully saturated rings. The summed E-state index contributed by atoms with van der Waals surface area (Å²) in [6.45, 7) is 0. The number of aromatic amines is 1. The summed E-state index contributed by atoms with van der Waals surface area (Å²) in [6.07, 6.45) is 1.69. The molecule has 6 nitrogen and oxygen atoms in total. The molecule has 0 aliphatic carbocycles. The zero-order chi connectivity index (χ0) is 21.0. The van der Waals surface area contributed by atoms with Gasteiger partial charge in [-0.15, -0.1) is 0 Å². The lowest BCUT2D eigenvalue weighted by atomic mass is 10.0. The maximum absolute atomic E-state index is 13.1. The Balaban J connectivity index is 1.80. The Labute approximate surface area is 198 Å². The largest absolute Gasteiger partial charge is 0.480 e. The molecular weight excluding hydrogens is 640 g/mol. The molecule has 0 spiro atoms. The van der Waals surface area contributed by atoms with Crippen LogP contribution in [0.1, 0.15) is 26.3 Å². The van der Waals surface area contributed by atoms with Crippen LogP contribution in [0.2, 0.25) is 0 Å². The Hall–Kier alpha value is -1.49. The number of halogens is 4. The smallest absolute Gasteiger partial charge is 0.327 e. The number of aliphatic carboxylic acids is 1. The van der Waals surface area contributed by atoms with E-state index < -0.39 is 23.8 Å². The van der Waals surface area contributed by atoms with Crippen molar-refractivity contribution >= 4 is 92.4 Å². The van der Waals surface area contributed by atoms with Crippen LogP contribution in [0.25, 0.3) is 10.9 Å². The Morgan fingerprint density at radius 1 is 0.966 bits per heavy atom. The van der Waals surface area contributed by atoms with Crippen LogP contribution in [0.3, 0.4) is 0 Å². The van der Waals surface area contributed by atoms with Crippen molar-refractivity contribution in [3.8, 4) is 0 Å². The number of hydrogen-bond donors (Lipinski definition) is 2. The first-order chi connectivity index (χ1) is 13.7. The average Bonchev–Trinajstić information content (AvgIpc) is 3.21. The molecule has 0 saturated carbocycles. The Bertz CT molecular complexity index is 1170. The molecule has 1 aliphatic heterocycles. The molecule has 0 unspecified atom stereocenters. The number of H-pyrrole nitrogens is 1. The highest BCUT2D eigenvalue weighted by Crippen LogP contribution is 2.45. The Morgan fingerprint density at radius 3 is 2.07 bits per heavy atom. The fourth-order valence-electron chi connectivity index (χ4n) is 3.45. The summed E-state index contributed by atoms with van der Waals surface area (Å²) in [5.41, 5.74) is 1.82. The molecule has 0 bridgehead atoms. The summed E-state index contributed by atoms with van der Waals surface area (Å²) in [5, 5.41) is 10.7. The second kappa shape index (κ2) is 7.64. The number of rotatable bonds is 4. The van der Waals surface area contributed by atoms with Crippen LogP contribution in [0, 0.1) is 0 Å². The van der Waals surface area contributed by atoms with E-state index >= 15 is 0 Å². The van der Waals surface area contributed by atoms with Crippen molar-refractivity contribution in [1.82, 2.24) is 9.88 Å². The van der Waals surface area contributed by atoms with E-state index in [2.05, 4.69) is 68.7 Å². The number of fused-ring (bicyclic) bond motifs is 2. The van der Waals surface area contributed by atoms with E-state index in [-0.39, 0.29) is 17.5 Å².